The van der Waals surface area contributed by atoms with Crippen molar-refractivity contribution in [2.75, 3.05) is 5.32 Å². The highest BCUT2D eigenvalue weighted by molar-refractivity contribution is 6.01. The van der Waals surface area contributed by atoms with Crippen LogP contribution in [0.5, 0.6) is 11.5 Å². The zero-order valence-corrected chi connectivity index (χ0v) is 13.1. The molecule has 23 heavy (non-hydrogen) atoms. The van der Waals surface area contributed by atoms with E-state index in [4.69, 9.17) is 9.47 Å². The molecule has 0 bridgehead atoms. The second-order valence-corrected chi connectivity index (χ2v) is 6.17. The topological polar surface area (TPSA) is 60.5 Å². The van der Waals surface area contributed by atoms with Crippen LogP contribution in [-0.2, 0) is 10.2 Å². The summed E-state index contributed by atoms with van der Waals surface area (Å²) >= 11 is 0. The van der Waals surface area contributed by atoms with Crippen LogP contribution < -0.4 is 14.8 Å². The van der Waals surface area contributed by atoms with E-state index in [1.807, 2.05) is 50.2 Å². The van der Waals surface area contributed by atoms with Crippen molar-refractivity contribution in [1.29, 1.82) is 0 Å². The number of hydrogen-bond donors (Lipinski definition) is 1. The first kappa shape index (κ1) is 14.1. The third-order valence-electron chi connectivity index (χ3n) is 4.40. The number of nitrogens with zero attached hydrogens (tertiary/aromatic N) is 1. The minimum absolute atomic E-state index is 0.0116. The van der Waals surface area contributed by atoms with E-state index >= 15 is 0 Å². The lowest BCUT2D eigenvalue weighted by molar-refractivity contribution is -0.118. The summed E-state index contributed by atoms with van der Waals surface area (Å²) in [6.07, 6.45) is 1.39. The maximum Gasteiger partial charge on any atom is 0.238 e. The molecule has 1 amide bonds. The molecule has 0 spiro atoms. The third kappa shape index (κ3) is 2.42. The van der Waals surface area contributed by atoms with Gasteiger partial charge in [0.2, 0.25) is 12.2 Å². The summed E-state index contributed by atoms with van der Waals surface area (Å²) in [7, 11) is 0. The summed E-state index contributed by atoms with van der Waals surface area (Å²) in [5.74, 6) is 2.03. The van der Waals surface area contributed by atoms with Crippen LogP contribution in [0.4, 0.5) is 5.82 Å². The van der Waals surface area contributed by atoms with Gasteiger partial charge >= 0.3 is 0 Å². The van der Waals surface area contributed by atoms with Crippen LogP contribution in [0.25, 0.3) is 0 Å². The summed E-state index contributed by atoms with van der Waals surface area (Å²) in [5, 5.41) is 2.94. The highest BCUT2D eigenvalue weighted by Gasteiger charge is 2.51. The van der Waals surface area contributed by atoms with Crippen molar-refractivity contribution in [3.63, 3.8) is 0 Å². The van der Waals surface area contributed by atoms with Crippen LogP contribution in [0.15, 0.2) is 36.4 Å². The number of aryl methyl sites for hydroxylation is 1. The van der Waals surface area contributed by atoms with E-state index in [9.17, 15) is 4.79 Å². The number of carbonyl (C=O) groups is 1. The van der Waals surface area contributed by atoms with E-state index < -0.39 is 5.41 Å². The molecule has 0 unspecified atom stereocenters. The quantitative estimate of drug-likeness (QED) is 0.946. The molecule has 1 saturated carbocycles. The van der Waals surface area contributed by atoms with Gasteiger partial charge in [-0.15, -0.1) is 0 Å². The average molecular weight is 310 g/mol. The fraction of sp³-hybridized carbons (Fsp3) is 0.333. The molecule has 1 aromatic heterocycles. The average Bonchev–Trinajstić information content (AvgIpc) is 3.23. The van der Waals surface area contributed by atoms with Crippen molar-refractivity contribution in [3.8, 4) is 11.5 Å². The Morgan fingerprint density at radius 1 is 1.22 bits per heavy atom. The van der Waals surface area contributed by atoms with Crippen molar-refractivity contribution in [2.24, 2.45) is 0 Å². The van der Waals surface area contributed by atoms with Gasteiger partial charge in [0, 0.05) is 12.6 Å². The summed E-state index contributed by atoms with van der Waals surface area (Å²) in [5.41, 5.74) is 1.37. The zero-order valence-electron chi connectivity index (χ0n) is 13.1. The second kappa shape index (κ2) is 4.98. The first-order valence-corrected chi connectivity index (χ1v) is 7.80. The number of hydrogen-bond acceptors (Lipinski definition) is 4. The van der Waals surface area contributed by atoms with Crippen molar-refractivity contribution in [2.45, 2.75) is 38.4 Å². The molecule has 1 N–H and O–H groups in total. The Hall–Kier alpha value is -2.56. The summed E-state index contributed by atoms with van der Waals surface area (Å²) in [6, 6.07) is 11.4. The van der Waals surface area contributed by atoms with E-state index in [2.05, 4.69) is 10.3 Å². The van der Waals surface area contributed by atoms with Crippen LogP contribution in [-0.4, -0.2) is 17.2 Å². The molecule has 1 fully saturated rings. The lowest BCUT2D eigenvalue weighted by Crippen LogP contribution is -2.28. The Bertz CT molecular complexity index is 784. The molecule has 2 heterocycles. The number of amides is 1. The Balaban J connectivity index is 1.59. The van der Waals surface area contributed by atoms with Crippen molar-refractivity contribution in [1.82, 2.24) is 4.98 Å². The largest absolute Gasteiger partial charge is 0.451 e. The molecular formula is C18H18N2O3. The number of nitrogens with one attached hydrogen (secondary N) is 1. The predicted octanol–water partition coefficient (Wildman–Crippen LogP) is 3.18. The minimum Gasteiger partial charge on any atom is -0.451 e. The van der Waals surface area contributed by atoms with Crippen molar-refractivity contribution >= 4 is 11.7 Å². The number of aromatic nitrogens is 1. The maximum absolute atomic E-state index is 12.7. The highest BCUT2D eigenvalue weighted by atomic mass is 16.7. The number of anilines is 1. The van der Waals surface area contributed by atoms with E-state index in [0.717, 1.165) is 29.8 Å². The Morgan fingerprint density at radius 3 is 2.74 bits per heavy atom. The van der Waals surface area contributed by atoms with E-state index in [1.54, 1.807) is 0 Å². The van der Waals surface area contributed by atoms with E-state index in [0.29, 0.717) is 11.6 Å². The lowest BCUT2D eigenvalue weighted by Gasteiger charge is -2.16. The standard InChI is InChI=1S/C18H18N2O3/c1-11-4-3-5-16(19-11)20-17(21)18(8-9-18)13-6-7-14-15(10-13)23-12(2)22-14/h3-7,10,12H,8-9H2,1-2H3,(H,19,20,21)/t12-/m1/s1. The van der Waals surface area contributed by atoms with Gasteiger partial charge in [-0.2, -0.15) is 0 Å². The summed E-state index contributed by atoms with van der Waals surface area (Å²) in [6.45, 7) is 3.75. The number of fused-ring (bicyclic) bond motifs is 1. The third-order valence-corrected chi connectivity index (χ3v) is 4.40. The van der Waals surface area contributed by atoms with Gasteiger partial charge in [0.15, 0.2) is 11.5 Å². The fourth-order valence-electron chi connectivity index (χ4n) is 3.00. The number of benzene rings is 1. The first-order chi connectivity index (χ1) is 11.1. The Kier molecular flexibility index (Phi) is 3.04. The number of pyridine rings is 1. The molecule has 2 aliphatic rings. The molecular weight excluding hydrogens is 292 g/mol. The molecule has 0 radical (unpaired) electrons. The molecule has 5 nitrogen and oxygen atoms in total. The summed E-state index contributed by atoms with van der Waals surface area (Å²) in [4.78, 5) is 17.1. The van der Waals surface area contributed by atoms with Gasteiger partial charge in [0.1, 0.15) is 5.82 Å². The van der Waals surface area contributed by atoms with Gasteiger partial charge in [-0.3, -0.25) is 4.79 Å². The van der Waals surface area contributed by atoms with Gasteiger partial charge < -0.3 is 14.8 Å². The Morgan fingerprint density at radius 2 is 2.00 bits per heavy atom. The molecule has 0 saturated heterocycles. The predicted molar refractivity (Wildman–Crippen MR) is 85.7 cm³/mol. The van der Waals surface area contributed by atoms with E-state index in [1.165, 1.54) is 0 Å². The van der Waals surface area contributed by atoms with Gasteiger partial charge in [-0.1, -0.05) is 12.1 Å². The number of rotatable bonds is 3. The first-order valence-electron chi connectivity index (χ1n) is 7.80. The van der Waals surface area contributed by atoms with Gasteiger partial charge in [0.25, 0.3) is 0 Å². The molecule has 1 aliphatic heterocycles. The Labute approximate surface area is 134 Å². The van der Waals surface area contributed by atoms with Crippen LogP contribution in [0.2, 0.25) is 0 Å². The zero-order chi connectivity index (χ0) is 16.0. The van der Waals surface area contributed by atoms with Gasteiger partial charge in [-0.05, 0) is 49.6 Å². The lowest BCUT2D eigenvalue weighted by atomic mass is 9.94. The molecule has 1 aliphatic carbocycles. The highest BCUT2D eigenvalue weighted by Crippen LogP contribution is 2.51. The molecule has 1 aromatic carbocycles. The monoisotopic (exact) mass is 310 g/mol. The second-order valence-electron chi connectivity index (χ2n) is 6.17. The smallest absolute Gasteiger partial charge is 0.238 e. The van der Waals surface area contributed by atoms with Crippen molar-refractivity contribution < 1.29 is 14.3 Å². The van der Waals surface area contributed by atoms with E-state index in [-0.39, 0.29) is 12.2 Å². The normalized spacial score (nSPS) is 20.2. The van der Waals surface area contributed by atoms with Crippen molar-refractivity contribution in [3.05, 3.63) is 47.7 Å². The van der Waals surface area contributed by atoms with Gasteiger partial charge in [0.05, 0.1) is 5.41 Å². The van der Waals surface area contributed by atoms with Crippen LogP contribution >= 0.6 is 0 Å². The van der Waals surface area contributed by atoms with Crippen LogP contribution in [0, 0.1) is 6.92 Å². The molecule has 5 heteroatoms. The molecule has 4 rings (SSSR count). The number of ether oxygens (including phenoxy) is 2. The fourth-order valence-corrected chi connectivity index (χ4v) is 3.00. The van der Waals surface area contributed by atoms with Gasteiger partial charge in [-0.25, -0.2) is 4.98 Å². The maximum atomic E-state index is 12.7. The minimum atomic E-state index is -0.477. The summed E-state index contributed by atoms with van der Waals surface area (Å²) < 4.78 is 11.1. The molecule has 118 valence electrons. The molecule has 2 aromatic rings. The van der Waals surface area contributed by atoms with Crippen LogP contribution in [0.3, 0.4) is 0 Å². The number of carbonyl (C=O) groups excluding carboxylic acids is 1. The molecule has 1 atom stereocenters. The SMILES string of the molecule is Cc1cccc(NC(=O)C2(c3ccc4c(c3)O[C@H](C)O4)CC2)n1. The van der Waals surface area contributed by atoms with Crippen LogP contribution in [0.1, 0.15) is 31.0 Å².